The van der Waals surface area contributed by atoms with Gasteiger partial charge < -0.3 is 14.2 Å². The molecule has 0 amide bonds. The van der Waals surface area contributed by atoms with Crippen LogP contribution in [0.15, 0.2) is 109 Å². The van der Waals surface area contributed by atoms with Crippen LogP contribution in [0.5, 0.6) is 0 Å². The van der Waals surface area contributed by atoms with Gasteiger partial charge in [-0.3, -0.25) is 14.4 Å². The molecule has 0 aromatic heterocycles. The van der Waals surface area contributed by atoms with Crippen molar-refractivity contribution in [3.63, 3.8) is 0 Å². The third-order valence-electron chi connectivity index (χ3n) is 12.3. The van der Waals surface area contributed by atoms with Gasteiger partial charge in [-0.15, -0.1) is 0 Å². The second-order valence-electron chi connectivity index (χ2n) is 19.2. The Labute approximate surface area is 438 Å². The van der Waals surface area contributed by atoms with Crippen LogP contribution in [0.1, 0.15) is 265 Å². The Morgan fingerprint density at radius 2 is 0.549 bits per heavy atom. The van der Waals surface area contributed by atoms with Crippen molar-refractivity contribution >= 4 is 17.9 Å². The minimum Gasteiger partial charge on any atom is -0.462 e. The molecule has 0 rings (SSSR count). The molecule has 1 atom stereocenters. The molecule has 0 aliphatic heterocycles. The van der Waals surface area contributed by atoms with E-state index in [4.69, 9.17) is 14.2 Å². The SMILES string of the molecule is CC/C=C\C/C=C\C/C=C\C/C=C\C/C=C\C/C=C\C/C=C\C/C=C\CCCCCCCCCCC(=O)OCC(COC(=O)CCCCCCCC)OC(=O)CCCCCCC/C=C\CCCCCCC. The number of unbranched alkanes of at least 4 members (excludes halogenated alkanes) is 23. The number of allylic oxidation sites excluding steroid dienone is 18. The van der Waals surface area contributed by atoms with Crippen LogP contribution in [0.4, 0.5) is 0 Å². The molecule has 0 N–H and O–H groups in total. The average molecular weight is 986 g/mol. The maximum atomic E-state index is 12.8. The lowest BCUT2D eigenvalue weighted by Crippen LogP contribution is -2.30. The average Bonchev–Trinajstić information content (AvgIpc) is 3.37. The molecule has 0 aromatic carbocycles. The Morgan fingerprint density at radius 1 is 0.296 bits per heavy atom. The highest BCUT2D eigenvalue weighted by atomic mass is 16.6. The van der Waals surface area contributed by atoms with E-state index in [-0.39, 0.29) is 31.1 Å². The summed E-state index contributed by atoms with van der Waals surface area (Å²) in [5.41, 5.74) is 0. The second kappa shape index (κ2) is 58.6. The Balaban J connectivity index is 4.10. The third-order valence-corrected chi connectivity index (χ3v) is 12.3. The first-order valence-electron chi connectivity index (χ1n) is 29.4. The quantitative estimate of drug-likeness (QED) is 0.0261. The minimum absolute atomic E-state index is 0.0834. The van der Waals surface area contributed by atoms with Crippen LogP contribution in [0, 0.1) is 0 Å². The minimum atomic E-state index is -0.782. The lowest BCUT2D eigenvalue weighted by Gasteiger charge is -2.18. The van der Waals surface area contributed by atoms with Crippen LogP contribution < -0.4 is 0 Å². The Bertz CT molecular complexity index is 1460. The van der Waals surface area contributed by atoms with Crippen LogP contribution in [0.2, 0.25) is 0 Å². The van der Waals surface area contributed by atoms with E-state index in [1.165, 1.54) is 96.3 Å². The maximum absolute atomic E-state index is 12.8. The van der Waals surface area contributed by atoms with Gasteiger partial charge in [0.1, 0.15) is 13.2 Å². The molecule has 0 aliphatic carbocycles. The molecule has 0 radical (unpaired) electrons. The first-order chi connectivity index (χ1) is 35.0. The van der Waals surface area contributed by atoms with E-state index in [1.54, 1.807) is 0 Å². The first-order valence-corrected chi connectivity index (χ1v) is 29.4. The topological polar surface area (TPSA) is 78.9 Å². The zero-order chi connectivity index (χ0) is 51.4. The number of esters is 3. The van der Waals surface area contributed by atoms with Crippen molar-refractivity contribution in [3.05, 3.63) is 109 Å². The molecule has 0 aromatic rings. The van der Waals surface area contributed by atoms with Crippen LogP contribution in [-0.2, 0) is 28.6 Å². The van der Waals surface area contributed by atoms with Crippen LogP contribution in [0.25, 0.3) is 0 Å². The van der Waals surface area contributed by atoms with Crippen molar-refractivity contribution in [2.24, 2.45) is 0 Å². The Morgan fingerprint density at radius 3 is 0.873 bits per heavy atom. The molecule has 0 saturated heterocycles. The van der Waals surface area contributed by atoms with Gasteiger partial charge in [0.2, 0.25) is 0 Å². The van der Waals surface area contributed by atoms with Gasteiger partial charge in [-0.05, 0) is 109 Å². The smallest absolute Gasteiger partial charge is 0.306 e. The fraction of sp³-hybridized carbons (Fsp3) is 0.677. The molecule has 404 valence electrons. The lowest BCUT2D eigenvalue weighted by atomic mass is 10.1. The fourth-order valence-electron chi connectivity index (χ4n) is 7.86. The monoisotopic (exact) mass is 985 g/mol. The zero-order valence-electron chi connectivity index (χ0n) is 46.2. The van der Waals surface area contributed by atoms with Crippen molar-refractivity contribution in [2.75, 3.05) is 13.2 Å². The third kappa shape index (κ3) is 56.9. The van der Waals surface area contributed by atoms with Gasteiger partial charge >= 0.3 is 17.9 Å². The van der Waals surface area contributed by atoms with E-state index in [0.29, 0.717) is 19.3 Å². The second-order valence-corrected chi connectivity index (χ2v) is 19.2. The molecular formula is C65H108O6. The van der Waals surface area contributed by atoms with E-state index in [0.717, 1.165) is 128 Å². The van der Waals surface area contributed by atoms with Gasteiger partial charge in [-0.2, -0.15) is 0 Å². The van der Waals surface area contributed by atoms with Crippen molar-refractivity contribution in [1.29, 1.82) is 0 Å². The molecule has 0 fully saturated rings. The number of hydrogen-bond donors (Lipinski definition) is 0. The number of carbonyl (C=O) groups is 3. The van der Waals surface area contributed by atoms with Crippen LogP contribution >= 0.6 is 0 Å². The molecule has 0 heterocycles. The van der Waals surface area contributed by atoms with Gasteiger partial charge in [0.15, 0.2) is 6.10 Å². The zero-order valence-corrected chi connectivity index (χ0v) is 46.2. The van der Waals surface area contributed by atoms with Crippen molar-refractivity contribution in [2.45, 2.75) is 271 Å². The molecule has 0 aliphatic rings. The molecule has 0 spiro atoms. The lowest BCUT2D eigenvalue weighted by molar-refractivity contribution is -0.167. The van der Waals surface area contributed by atoms with Crippen molar-refractivity contribution < 1.29 is 28.6 Å². The first kappa shape index (κ1) is 67.1. The standard InChI is InChI=1S/C65H108O6/c1-4-7-10-13-16-18-20-22-24-25-26-27-28-29-30-31-32-33-34-35-36-37-38-39-40-41-42-44-45-47-49-52-55-58-64(67)70-61-62(60-69-63(66)57-54-51-15-12-9-6-3)71-65(68)59-56-53-50-48-46-43-23-21-19-17-14-11-8-5-2/h7,10,16,18,21-24,26-27,29-30,32-33,35-36,38-39,62H,4-6,8-9,11-15,17,19-20,25,28,31,34,37,40-61H2,1-3H3/b10-7-,18-16-,23-21-,24-22-,27-26-,30-29-,33-32-,36-35-,39-38-. The van der Waals surface area contributed by atoms with Crippen LogP contribution in [-0.4, -0.2) is 37.2 Å². The van der Waals surface area contributed by atoms with Crippen molar-refractivity contribution in [3.8, 4) is 0 Å². The number of ether oxygens (including phenoxy) is 3. The van der Waals surface area contributed by atoms with E-state index in [1.807, 2.05) is 0 Å². The highest BCUT2D eigenvalue weighted by molar-refractivity contribution is 5.71. The van der Waals surface area contributed by atoms with Gasteiger partial charge in [-0.25, -0.2) is 0 Å². The van der Waals surface area contributed by atoms with Gasteiger partial charge in [0.05, 0.1) is 0 Å². The maximum Gasteiger partial charge on any atom is 0.306 e. The summed E-state index contributed by atoms with van der Waals surface area (Å²) < 4.78 is 16.7. The van der Waals surface area contributed by atoms with Gasteiger partial charge in [0.25, 0.3) is 0 Å². The largest absolute Gasteiger partial charge is 0.462 e. The van der Waals surface area contributed by atoms with Gasteiger partial charge in [0, 0.05) is 19.3 Å². The summed E-state index contributed by atoms with van der Waals surface area (Å²) in [6.07, 6.45) is 79.8. The van der Waals surface area contributed by atoms with Crippen molar-refractivity contribution in [1.82, 2.24) is 0 Å². The summed E-state index contributed by atoms with van der Waals surface area (Å²) in [5, 5.41) is 0. The predicted molar refractivity (Wildman–Crippen MR) is 307 cm³/mol. The molecule has 1 unspecified atom stereocenters. The highest BCUT2D eigenvalue weighted by Gasteiger charge is 2.19. The van der Waals surface area contributed by atoms with E-state index in [2.05, 4.69) is 130 Å². The summed E-state index contributed by atoms with van der Waals surface area (Å²) in [4.78, 5) is 37.8. The molecule has 0 bridgehead atoms. The molecule has 6 nitrogen and oxygen atoms in total. The van der Waals surface area contributed by atoms with Crippen LogP contribution in [0.3, 0.4) is 0 Å². The van der Waals surface area contributed by atoms with E-state index >= 15 is 0 Å². The summed E-state index contributed by atoms with van der Waals surface area (Å²) in [6.45, 7) is 6.44. The molecule has 0 saturated carbocycles. The molecular weight excluding hydrogens is 877 g/mol. The summed E-state index contributed by atoms with van der Waals surface area (Å²) in [5.74, 6) is -0.911. The Kier molecular flexibility index (Phi) is 55.4. The number of hydrogen-bond acceptors (Lipinski definition) is 6. The highest BCUT2D eigenvalue weighted by Crippen LogP contribution is 2.14. The molecule has 71 heavy (non-hydrogen) atoms. The van der Waals surface area contributed by atoms with Gasteiger partial charge in [-0.1, -0.05) is 246 Å². The number of rotatable bonds is 52. The summed E-state index contributed by atoms with van der Waals surface area (Å²) >= 11 is 0. The fourth-order valence-corrected chi connectivity index (χ4v) is 7.86. The van der Waals surface area contributed by atoms with E-state index in [9.17, 15) is 14.4 Å². The molecule has 6 heteroatoms. The normalized spacial score (nSPS) is 12.9. The number of carbonyl (C=O) groups excluding carboxylic acids is 3. The summed E-state index contributed by atoms with van der Waals surface area (Å²) in [6, 6.07) is 0. The van der Waals surface area contributed by atoms with E-state index < -0.39 is 6.10 Å². The predicted octanol–water partition coefficient (Wildman–Crippen LogP) is 19.9. The Hall–Kier alpha value is -3.93. The summed E-state index contributed by atoms with van der Waals surface area (Å²) in [7, 11) is 0.